The number of carbonyl (C=O) groups excluding carboxylic acids is 4. The van der Waals surface area contributed by atoms with Gasteiger partial charge in [0.05, 0.1) is 24.0 Å². The zero-order valence-corrected chi connectivity index (χ0v) is 34.9. The number of pyridine rings is 1. The van der Waals surface area contributed by atoms with Crippen LogP contribution in [0.4, 0.5) is 35.9 Å². The molecule has 14 nitrogen and oxygen atoms in total. The van der Waals surface area contributed by atoms with Gasteiger partial charge in [-0.05, 0) is 87.6 Å². The minimum Gasteiger partial charge on any atom is -0.492 e. The van der Waals surface area contributed by atoms with Gasteiger partial charge >= 0.3 is 6.18 Å². The molecular weight excluding hydrogens is 823 g/mol. The molecule has 1 saturated carbocycles. The number of thiol groups is 1. The molecule has 2 aromatic carbocycles. The van der Waals surface area contributed by atoms with E-state index in [1.807, 2.05) is 19.1 Å². The molecule has 19 heteroatoms. The van der Waals surface area contributed by atoms with E-state index in [-0.39, 0.29) is 36.0 Å². The number of rotatable bonds is 12. The minimum atomic E-state index is -4.84. The van der Waals surface area contributed by atoms with Crippen molar-refractivity contribution in [3.8, 4) is 11.8 Å². The Morgan fingerprint density at radius 1 is 1.10 bits per heavy atom. The van der Waals surface area contributed by atoms with Crippen molar-refractivity contribution in [2.45, 2.75) is 81.7 Å². The fourth-order valence-electron chi connectivity index (χ4n) is 8.22. The van der Waals surface area contributed by atoms with Gasteiger partial charge in [0.2, 0.25) is 17.7 Å². The highest BCUT2D eigenvalue weighted by Crippen LogP contribution is 2.45. The third-order valence-electron chi connectivity index (χ3n) is 11.5. The lowest BCUT2D eigenvalue weighted by Crippen LogP contribution is -2.57. The number of nitriles is 1. The van der Waals surface area contributed by atoms with Gasteiger partial charge in [0.25, 0.3) is 5.91 Å². The van der Waals surface area contributed by atoms with Crippen LogP contribution in [0.3, 0.4) is 0 Å². The van der Waals surface area contributed by atoms with E-state index in [0.717, 1.165) is 48.7 Å². The molecule has 318 valence electrons. The first-order chi connectivity index (χ1) is 28.4. The number of piperidine rings is 1. The number of piperazine rings is 1. The van der Waals surface area contributed by atoms with Gasteiger partial charge in [-0.1, -0.05) is 18.5 Å². The Labute approximate surface area is 355 Å². The van der Waals surface area contributed by atoms with Gasteiger partial charge in [0.15, 0.2) is 11.2 Å². The van der Waals surface area contributed by atoms with Gasteiger partial charge in [0, 0.05) is 60.2 Å². The van der Waals surface area contributed by atoms with Crippen LogP contribution in [0, 0.1) is 11.3 Å². The van der Waals surface area contributed by atoms with Crippen molar-refractivity contribution in [3.05, 3.63) is 70.5 Å². The second-order valence-corrected chi connectivity index (χ2v) is 16.9. The van der Waals surface area contributed by atoms with Crippen LogP contribution in [-0.2, 0) is 31.8 Å². The summed E-state index contributed by atoms with van der Waals surface area (Å²) in [4.78, 5) is 61.9. The van der Waals surface area contributed by atoms with Crippen molar-refractivity contribution in [2.75, 3.05) is 59.8 Å². The van der Waals surface area contributed by atoms with Crippen LogP contribution in [0.15, 0.2) is 48.7 Å². The molecule has 4 fully saturated rings. The molecule has 3 N–H and O–H groups in total. The molecule has 7 rings (SSSR count). The second-order valence-electron chi connectivity index (χ2n) is 16.0. The van der Waals surface area contributed by atoms with Gasteiger partial charge in [0.1, 0.15) is 30.0 Å². The summed E-state index contributed by atoms with van der Waals surface area (Å²) in [7, 11) is 0. The molecule has 2 atom stereocenters. The Hall–Kier alpha value is -5.09. The predicted molar refractivity (Wildman–Crippen MR) is 222 cm³/mol. The second kappa shape index (κ2) is 16.8. The van der Waals surface area contributed by atoms with Gasteiger partial charge in [-0.15, -0.1) is 12.6 Å². The van der Waals surface area contributed by atoms with E-state index >= 15 is 0 Å². The van der Waals surface area contributed by atoms with Gasteiger partial charge in [-0.2, -0.15) is 18.4 Å². The summed E-state index contributed by atoms with van der Waals surface area (Å²) >= 11 is 11.1. The van der Waals surface area contributed by atoms with Crippen LogP contribution in [0.5, 0.6) is 5.75 Å². The molecule has 1 aromatic heterocycles. The van der Waals surface area contributed by atoms with E-state index in [9.17, 15) is 37.6 Å². The topological polar surface area (TPSA) is 163 Å². The number of nitrogens with zero attached hydrogens (tertiary/aromatic N) is 6. The first kappa shape index (κ1) is 43.0. The van der Waals surface area contributed by atoms with Crippen LogP contribution < -0.4 is 30.5 Å². The number of anilines is 4. The number of aromatic nitrogens is 1. The molecule has 1 spiro atoms. The van der Waals surface area contributed by atoms with Crippen molar-refractivity contribution in [2.24, 2.45) is 0 Å². The van der Waals surface area contributed by atoms with E-state index in [4.69, 9.17) is 29.0 Å². The van der Waals surface area contributed by atoms with Crippen molar-refractivity contribution < 1.29 is 37.1 Å². The van der Waals surface area contributed by atoms with Gasteiger partial charge < -0.3 is 20.3 Å². The Morgan fingerprint density at radius 3 is 2.53 bits per heavy atom. The number of nitrogens with one attached hydrogen (secondary N) is 3. The van der Waals surface area contributed by atoms with Crippen LogP contribution in [-0.4, -0.2) is 100 Å². The molecule has 60 heavy (non-hydrogen) atoms. The van der Waals surface area contributed by atoms with E-state index in [1.165, 1.54) is 6.07 Å². The zero-order chi connectivity index (χ0) is 43.1. The molecule has 4 heterocycles. The summed E-state index contributed by atoms with van der Waals surface area (Å²) < 4.78 is 47.6. The van der Waals surface area contributed by atoms with Crippen molar-refractivity contribution >= 4 is 70.6 Å². The molecule has 3 saturated heterocycles. The number of benzene rings is 2. The minimum absolute atomic E-state index is 0.0992. The van der Waals surface area contributed by atoms with Crippen LogP contribution in [0.2, 0.25) is 5.02 Å². The van der Waals surface area contributed by atoms with Gasteiger partial charge in [-0.3, -0.25) is 39.2 Å². The van der Waals surface area contributed by atoms with Crippen molar-refractivity contribution in [1.29, 1.82) is 5.26 Å². The SMILES string of the molecule is CCc1cc(N2C(S)N(c3cnc(C#N)c(C(F)(F)F)c3)C(=O)C2(C)C)ccc1OCCN1CCN(CC(=O)Nc2cc(Cl)cc(NC3CCC(=O)NC3=O)c2)C2(CC2)C1. The number of aryl methyl sites for hydroxylation is 1. The fourth-order valence-corrected chi connectivity index (χ4v) is 9.12. The summed E-state index contributed by atoms with van der Waals surface area (Å²) in [6.07, 6.45) is -0.621. The number of ether oxygens (including phenoxy) is 1. The third kappa shape index (κ3) is 8.85. The molecule has 4 aliphatic rings. The molecule has 4 amide bonds. The fraction of sp³-hybridized carbons (Fsp3) is 0.463. The smallest absolute Gasteiger partial charge is 0.419 e. The number of carbonyl (C=O) groups is 4. The van der Waals surface area contributed by atoms with E-state index in [2.05, 4.69) is 30.7 Å². The zero-order valence-electron chi connectivity index (χ0n) is 33.2. The van der Waals surface area contributed by atoms with Crippen molar-refractivity contribution in [3.63, 3.8) is 0 Å². The lowest BCUT2D eigenvalue weighted by molar-refractivity contribution is -0.138. The molecule has 2 unspecified atom stereocenters. The molecule has 1 aliphatic carbocycles. The number of amides is 4. The van der Waals surface area contributed by atoms with E-state index in [1.54, 1.807) is 43.0 Å². The molecule has 0 bridgehead atoms. The average Bonchev–Trinajstić information content (AvgIpc) is 3.92. The molecule has 3 aromatic rings. The van der Waals surface area contributed by atoms with E-state index < -0.39 is 46.3 Å². The Kier molecular flexibility index (Phi) is 12.0. The Morgan fingerprint density at radius 2 is 1.85 bits per heavy atom. The van der Waals surface area contributed by atoms with Crippen LogP contribution >= 0.6 is 24.2 Å². The maximum Gasteiger partial charge on any atom is 0.419 e. The lowest BCUT2D eigenvalue weighted by atomic mass is 10.0. The normalized spacial score (nSPS) is 21.5. The molecule has 0 radical (unpaired) electrons. The highest BCUT2D eigenvalue weighted by atomic mass is 35.5. The summed E-state index contributed by atoms with van der Waals surface area (Å²) in [5.41, 5.74) is -1.83. The first-order valence-electron chi connectivity index (χ1n) is 19.6. The predicted octanol–water partition coefficient (Wildman–Crippen LogP) is 5.42. The first-order valence-corrected chi connectivity index (χ1v) is 20.5. The van der Waals surface area contributed by atoms with Crippen LogP contribution in [0.25, 0.3) is 0 Å². The lowest BCUT2D eigenvalue weighted by Gasteiger charge is -2.41. The maximum atomic E-state index is 13.8. The number of imide groups is 1. The van der Waals surface area contributed by atoms with E-state index in [0.29, 0.717) is 60.4 Å². The highest BCUT2D eigenvalue weighted by Gasteiger charge is 2.53. The highest BCUT2D eigenvalue weighted by molar-refractivity contribution is 7.81. The molecule has 3 aliphatic heterocycles. The summed E-state index contributed by atoms with van der Waals surface area (Å²) in [5.74, 6) is -0.690. The number of hydrogen-bond acceptors (Lipinski definition) is 12. The van der Waals surface area contributed by atoms with Gasteiger partial charge in [-0.25, -0.2) is 4.98 Å². The number of alkyl halides is 3. The average molecular weight is 868 g/mol. The largest absolute Gasteiger partial charge is 0.492 e. The molecular formula is C41H45ClF3N9O5S. The Bertz CT molecular complexity index is 2250. The van der Waals surface area contributed by atoms with Crippen molar-refractivity contribution in [1.82, 2.24) is 20.1 Å². The quantitative estimate of drug-likeness (QED) is 0.136. The monoisotopic (exact) mass is 867 g/mol. The summed E-state index contributed by atoms with van der Waals surface area (Å²) in [6, 6.07) is 12.2. The maximum absolute atomic E-state index is 13.8. The third-order valence-corrected chi connectivity index (χ3v) is 12.2. The number of hydrogen-bond donors (Lipinski definition) is 4. The van der Waals surface area contributed by atoms with Crippen LogP contribution in [0.1, 0.15) is 63.3 Å². The number of halogens is 4. The Balaban J connectivity index is 0.936. The summed E-state index contributed by atoms with van der Waals surface area (Å²) in [5, 5.41) is 18.0. The summed E-state index contributed by atoms with van der Waals surface area (Å²) in [6.45, 7) is 8.85. The standard InChI is InChI=1S/C41H45ClF3N9O5S/c1-4-24-15-28(54-38(60)53(37(58)39(54,2)3)29-19-30(41(43,44)45)32(20-46)47-21-29)5-7-33(24)59-14-13-51-11-12-52(40(23-51)9-10-40)22-35(56)49-27-17-25(42)16-26(18-27)48-31-6-8-34(55)50-36(31)57/h5,7,15-19,21,31,38,48,60H,4,6,8-14,22-23H2,1-3H3,(H,49,56)(H,50,55,57).